The zero-order valence-electron chi connectivity index (χ0n) is 16.7. The number of allylic oxidation sites excluding steroid dienone is 1. The van der Waals surface area contributed by atoms with E-state index < -0.39 is 5.41 Å². The van der Waals surface area contributed by atoms with Gasteiger partial charge in [0.15, 0.2) is 0 Å². The Morgan fingerprint density at radius 2 is 1.68 bits per heavy atom. The summed E-state index contributed by atoms with van der Waals surface area (Å²) >= 11 is 0. The zero-order valence-corrected chi connectivity index (χ0v) is 16.7. The van der Waals surface area contributed by atoms with Crippen LogP contribution in [0.15, 0.2) is 73.3 Å². The number of esters is 1. The molecule has 3 aromatic rings. The Morgan fingerprint density at radius 1 is 1.00 bits per heavy atom. The van der Waals surface area contributed by atoms with E-state index in [4.69, 9.17) is 9.47 Å². The lowest BCUT2D eigenvalue weighted by atomic mass is 9.75. The molecule has 0 heterocycles. The van der Waals surface area contributed by atoms with Crippen LogP contribution in [0, 0.1) is 0 Å². The lowest BCUT2D eigenvalue weighted by Gasteiger charge is -2.29. The Morgan fingerprint density at radius 3 is 2.36 bits per heavy atom. The van der Waals surface area contributed by atoms with Crippen molar-refractivity contribution in [3.63, 3.8) is 0 Å². The van der Waals surface area contributed by atoms with Crippen molar-refractivity contribution in [3.05, 3.63) is 84.4 Å². The highest BCUT2D eigenvalue weighted by molar-refractivity contribution is 5.90. The summed E-state index contributed by atoms with van der Waals surface area (Å²) < 4.78 is 10.8. The van der Waals surface area contributed by atoms with E-state index in [1.165, 1.54) is 0 Å². The molecule has 0 aliphatic carbocycles. The second-order valence-corrected chi connectivity index (χ2v) is 7.13. The van der Waals surface area contributed by atoms with E-state index in [0.29, 0.717) is 13.0 Å². The van der Waals surface area contributed by atoms with E-state index >= 15 is 0 Å². The molecule has 0 bridgehead atoms. The molecule has 0 aliphatic rings. The first-order valence-corrected chi connectivity index (χ1v) is 9.46. The molecule has 0 saturated heterocycles. The molecular formula is C25H26O3. The molecule has 28 heavy (non-hydrogen) atoms. The second kappa shape index (κ2) is 8.30. The number of hydrogen-bond donors (Lipinski definition) is 0. The van der Waals surface area contributed by atoms with Gasteiger partial charge in [0.1, 0.15) is 5.75 Å². The van der Waals surface area contributed by atoms with Crippen LogP contribution < -0.4 is 4.74 Å². The molecule has 3 aromatic carbocycles. The highest BCUT2D eigenvalue weighted by Crippen LogP contribution is 2.37. The number of ether oxygens (including phenoxy) is 2. The molecule has 0 amide bonds. The summed E-state index contributed by atoms with van der Waals surface area (Å²) in [7, 11) is 1.66. The summed E-state index contributed by atoms with van der Waals surface area (Å²) in [6.45, 7) is 8.35. The quantitative estimate of drug-likeness (QED) is 0.492. The molecule has 1 atom stereocenters. The fourth-order valence-corrected chi connectivity index (χ4v) is 3.48. The normalized spacial score (nSPS) is 13.0. The minimum absolute atomic E-state index is 0.236. The van der Waals surface area contributed by atoms with E-state index in [1.807, 2.05) is 74.5 Å². The van der Waals surface area contributed by atoms with E-state index in [2.05, 4.69) is 12.6 Å². The maximum absolute atomic E-state index is 13.0. The standard InChI is InChI=1S/C25H26O3/c1-5-28-24(26)25(3,17-18(2)19-9-7-6-8-10-19)22-13-11-21-16-23(27-4)14-12-20(21)15-22/h6-16H,2,5,17H2,1,3-4H3. The van der Waals surface area contributed by atoms with Crippen molar-refractivity contribution in [2.45, 2.75) is 25.7 Å². The summed E-state index contributed by atoms with van der Waals surface area (Å²) in [5.41, 5.74) is 2.03. The lowest BCUT2D eigenvalue weighted by Crippen LogP contribution is -2.34. The average Bonchev–Trinajstić information content (AvgIpc) is 2.73. The second-order valence-electron chi connectivity index (χ2n) is 7.13. The van der Waals surface area contributed by atoms with Crippen molar-refractivity contribution >= 4 is 22.3 Å². The minimum Gasteiger partial charge on any atom is -0.497 e. The molecule has 0 radical (unpaired) electrons. The third-order valence-corrected chi connectivity index (χ3v) is 5.16. The summed E-state index contributed by atoms with van der Waals surface area (Å²) in [6.07, 6.45) is 0.484. The van der Waals surface area contributed by atoms with Crippen LogP contribution in [0.4, 0.5) is 0 Å². The zero-order chi connectivity index (χ0) is 20.1. The Kier molecular flexibility index (Phi) is 5.84. The Labute approximate surface area is 166 Å². The number of fused-ring (bicyclic) bond motifs is 1. The fourth-order valence-electron chi connectivity index (χ4n) is 3.48. The number of rotatable bonds is 7. The molecule has 0 spiro atoms. The van der Waals surface area contributed by atoms with E-state index in [9.17, 15) is 4.79 Å². The maximum Gasteiger partial charge on any atom is 0.316 e. The lowest BCUT2D eigenvalue weighted by molar-refractivity contribution is -0.149. The van der Waals surface area contributed by atoms with Crippen LogP contribution in [0.3, 0.4) is 0 Å². The summed E-state index contributed by atoms with van der Waals surface area (Å²) in [5, 5.41) is 2.12. The van der Waals surface area contributed by atoms with Gasteiger partial charge in [-0.2, -0.15) is 0 Å². The van der Waals surface area contributed by atoms with Gasteiger partial charge in [-0.25, -0.2) is 0 Å². The van der Waals surface area contributed by atoms with Gasteiger partial charge in [0.25, 0.3) is 0 Å². The fraction of sp³-hybridized carbons (Fsp3) is 0.240. The van der Waals surface area contributed by atoms with Gasteiger partial charge in [0.2, 0.25) is 0 Å². The van der Waals surface area contributed by atoms with Crippen LogP contribution in [0.1, 0.15) is 31.4 Å². The number of methoxy groups -OCH3 is 1. The van der Waals surface area contributed by atoms with Gasteiger partial charge in [-0.05, 0) is 65.9 Å². The molecule has 3 heteroatoms. The van der Waals surface area contributed by atoms with E-state index in [1.54, 1.807) is 7.11 Å². The largest absolute Gasteiger partial charge is 0.497 e. The Hall–Kier alpha value is -3.07. The van der Waals surface area contributed by atoms with Gasteiger partial charge in [0, 0.05) is 0 Å². The molecule has 1 unspecified atom stereocenters. The molecule has 0 fully saturated rings. The molecular weight excluding hydrogens is 348 g/mol. The topological polar surface area (TPSA) is 35.5 Å². The van der Waals surface area contributed by atoms with Gasteiger partial charge in [-0.3, -0.25) is 4.79 Å². The van der Waals surface area contributed by atoms with Crippen molar-refractivity contribution in [1.82, 2.24) is 0 Å². The molecule has 3 nitrogen and oxygen atoms in total. The van der Waals surface area contributed by atoms with Crippen molar-refractivity contribution in [2.75, 3.05) is 13.7 Å². The van der Waals surface area contributed by atoms with Crippen LogP contribution in [-0.4, -0.2) is 19.7 Å². The molecule has 144 valence electrons. The van der Waals surface area contributed by atoms with E-state index in [0.717, 1.165) is 33.2 Å². The highest BCUT2D eigenvalue weighted by Gasteiger charge is 2.37. The summed E-state index contributed by atoms with van der Waals surface area (Å²) in [5.74, 6) is 0.575. The number of hydrogen-bond acceptors (Lipinski definition) is 3. The van der Waals surface area contributed by atoms with Crippen molar-refractivity contribution in [2.24, 2.45) is 0 Å². The van der Waals surface area contributed by atoms with Crippen LogP contribution in [0.5, 0.6) is 5.75 Å². The SMILES string of the molecule is C=C(CC(C)(C(=O)OCC)c1ccc2cc(OC)ccc2c1)c1ccccc1. The predicted octanol–water partition coefficient (Wildman–Crippen LogP) is 5.77. The van der Waals surface area contributed by atoms with Crippen LogP contribution in [-0.2, 0) is 14.9 Å². The third-order valence-electron chi connectivity index (χ3n) is 5.16. The van der Waals surface area contributed by atoms with Crippen LogP contribution in [0.25, 0.3) is 16.3 Å². The van der Waals surface area contributed by atoms with Gasteiger partial charge >= 0.3 is 5.97 Å². The molecule has 3 rings (SSSR count). The maximum atomic E-state index is 13.0. The Bertz CT molecular complexity index is 991. The highest BCUT2D eigenvalue weighted by atomic mass is 16.5. The number of benzene rings is 3. The van der Waals surface area contributed by atoms with Gasteiger partial charge in [0.05, 0.1) is 19.1 Å². The van der Waals surface area contributed by atoms with Gasteiger partial charge in [-0.1, -0.05) is 55.1 Å². The summed E-state index contributed by atoms with van der Waals surface area (Å²) in [6, 6.07) is 22.0. The molecule has 0 N–H and O–H groups in total. The van der Waals surface area contributed by atoms with Gasteiger partial charge < -0.3 is 9.47 Å². The first-order valence-electron chi connectivity index (χ1n) is 9.46. The first kappa shape index (κ1) is 19.7. The van der Waals surface area contributed by atoms with Crippen molar-refractivity contribution < 1.29 is 14.3 Å². The van der Waals surface area contributed by atoms with E-state index in [-0.39, 0.29) is 5.97 Å². The molecule has 0 aliphatic heterocycles. The molecule has 0 saturated carbocycles. The van der Waals surface area contributed by atoms with Crippen LogP contribution in [0.2, 0.25) is 0 Å². The van der Waals surface area contributed by atoms with Gasteiger partial charge in [-0.15, -0.1) is 0 Å². The Balaban J connectivity index is 2.02. The number of carbonyl (C=O) groups excluding carboxylic acids is 1. The van der Waals surface area contributed by atoms with Crippen molar-refractivity contribution in [1.29, 1.82) is 0 Å². The van der Waals surface area contributed by atoms with Crippen LogP contribution >= 0.6 is 0 Å². The minimum atomic E-state index is -0.822. The average molecular weight is 374 g/mol. The van der Waals surface area contributed by atoms with Crippen molar-refractivity contribution in [3.8, 4) is 5.75 Å². The predicted molar refractivity (Wildman–Crippen MR) is 115 cm³/mol. The molecule has 0 aromatic heterocycles. The third kappa shape index (κ3) is 3.94. The first-order chi connectivity index (χ1) is 13.5. The monoisotopic (exact) mass is 374 g/mol. The summed E-state index contributed by atoms with van der Waals surface area (Å²) in [4.78, 5) is 13.0. The smallest absolute Gasteiger partial charge is 0.316 e. The number of carbonyl (C=O) groups is 1.